The molecule has 4 heteroatoms. The van der Waals surface area contributed by atoms with Gasteiger partial charge in [-0.25, -0.2) is 0 Å². The molecule has 2 rings (SSSR count). The molecule has 0 aromatic carbocycles. The van der Waals surface area contributed by atoms with Crippen LogP contribution in [-0.2, 0) is 14.2 Å². The van der Waals surface area contributed by atoms with Gasteiger partial charge in [-0.2, -0.15) is 0 Å². The van der Waals surface area contributed by atoms with Crippen LogP contribution in [0, 0.1) is 5.41 Å². The molecule has 0 aromatic rings. The third kappa shape index (κ3) is 0.992. The van der Waals surface area contributed by atoms with Crippen LogP contribution < -0.4 is 0 Å². The predicted molar refractivity (Wildman–Crippen MR) is 40.4 cm³/mol. The van der Waals surface area contributed by atoms with Gasteiger partial charge in [0.25, 0.3) is 0 Å². The topological polar surface area (TPSA) is 47.9 Å². The molecule has 1 unspecified atom stereocenters. The van der Waals surface area contributed by atoms with Gasteiger partial charge in [0.05, 0.1) is 19.8 Å². The van der Waals surface area contributed by atoms with E-state index < -0.39 is 12.1 Å². The zero-order chi connectivity index (χ0) is 8.82. The Morgan fingerprint density at radius 1 is 1.17 bits per heavy atom. The second-order valence-corrected chi connectivity index (χ2v) is 3.98. The van der Waals surface area contributed by atoms with Crippen LogP contribution in [0.2, 0.25) is 0 Å². The SMILES string of the molecule is CC1(C)COC2(OCCO2)C1O. The minimum Gasteiger partial charge on any atom is -0.384 e. The molecule has 2 aliphatic rings. The molecule has 0 radical (unpaired) electrons. The smallest absolute Gasteiger partial charge is 0.311 e. The van der Waals surface area contributed by atoms with E-state index in [1.807, 2.05) is 13.8 Å². The predicted octanol–water partition coefficient (Wildman–Crippen LogP) is 0.104. The third-order valence-electron chi connectivity index (χ3n) is 2.41. The van der Waals surface area contributed by atoms with Crippen molar-refractivity contribution < 1.29 is 19.3 Å². The van der Waals surface area contributed by atoms with Crippen LogP contribution in [0.3, 0.4) is 0 Å². The van der Waals surface area contributed by atoms with Gasteiger partial charge in [-0.1, -0.05) is 13.8 Å². The molecule has 1 spiro atoms. The number of aliphatic hydroxyl groups is 1. The zero-order valence-corrected chi connectivity index (χ0v) is 7.37. The van der Waals surface area contributed by atoms with E-state index in [1.165, 1.54) is 0 Å². The fourth-order valence-corrected chi connectivity index (χ4v) is 1.57. The molecule has 1 atom stereocenters. The third-order valence-corrected chi connectivity index (χ3v) is 2.41. The largest absolute Gasteiger partial charge is 0.384 e. The monoisotopic (exact) mass is 174 g/mol. The lowest BCUT2D eigenvalue weighted by atomic mass is 9.89. The molecule has 70 valence electrons. The summed E-state index contributed by atoms with van der Waals surface area (Å²) >= 11 is 0. The zero-order valence-electron chi connectivity index (χ0n) is 7.37. The highest BCUT2D eigenvalue weighted by molar-refractivity contribution is 4.92. The van der Waals surface area contributed by atoms with Crippen molar-refractivity contribution >= 4 is 0 Å². The Morgan fingerprint density at radius 2 is 1.75 bits per heavy atom. The van der Waals surface area contributed by atoms with Gasteiger partial charge in [-0.3, -0.25) is 0 Å². The van der Waals surface area contributed by atoms with E-state index in [0.717, 1.165) is 0 Å². The molecule has 0 amide bonds. The summed E-state index contributed by atoms with van der Waals surface area (Å²) in [5, 5.41) is 9.83. The number of rotatable bonds is 0. The molecule has 0 aliphatic carbocycles. The van der Waals surface area contributed by atoms with Crippen molar-refractivity contribution in [3.8, 4) is 0 Å². The Balaban J connectivity index is 2.19. The van der Waals surface area contributed by atoms with Crippen LogP contribution in [0.25, 0.3) is 0 Å². The Hall–Kier alpha value is -0.160. The lowest BCUT2D eigenvalue weighted by Gasteiger charge is -2.27. The molecule has 2 saturated heterocycles. The van der Waals surface area contributed by atoms with Gasteiger partial charge in [-0.05, 0) is 0 Å². The van der Waals surface area contributed by atoms with E-state index >= 15 is 0 Å². The Labute approximate surface area is 71.4 Å². The minimum absolute atomic E-state index is 0.287. The van der Waals surface area contributed by atoms with Crippen molar-refractivity contribution in [2.75, 3.05) is 19.8 Å². The van der Waals surface area contributed by atoms with Gasteiger partial charge in [-0.15, -0.1) is 0 Å². The highest BCUT2D eigenvalue weighted by Crippen LogP contribution is 2.42. The summed E-state index contributed by atoms with van der Waals surface area (Å²) in [6.07, 6.45) is -0.701. The summed E-state index contributed by atoms with van der Waals surface area (Å²) in [4.78, 5) is 0. The van der Waals surface area contributed by atoms with Gasteiger partial charge < -0.3 is 19.3 Å². The second kappa shape index (κ2) is 2.42. The van der Waals surface area contributed by atoms with Crippen LogP contribution in [0.1, 0.15) is 13.8 Å². The summed E-state index contributed by atoms with van der Waals surface area (Å²) in [6, 6.07) is 0. The second-order valence-electron chi connectivity index (χ2n) is 3.98. The normalized spacial score (nSPS) is 37.8. The lowest BCUT2D eigenvalue weighted by Crippen LogP contribution is -2.45. The molecule has 0 bridgehead atoms. The van der Waals surface area contributed by atoms with E-state index in [2.05, 4.69) is 0 Å². The average Bonchev–Trinajstić information content (AvgIpc) is 2.55. The number of ether oxygens (including phenoxy) is 3. The van der Waals surface area contributed by atoms with Crippen molar-refractivity contribution in [3.05, 3.63) is 0 Å². The molecule has 2 heterocycles. The summed E-state index contributed by atoms with van der Waals surface area (Å²) in [6.45, 7) is 5.31. The molecule has 4 nitrogen and oxygen atoms in total. The number of aliphatic hydroxyl groups excluding tert-OH is 1. The van der Waals surface area contributed by atoms with Crippen molar-refractivity contribution in [1.82, 2.24) is 0 Å². The van der Waals surface area contributed by atoms with Gasteiger partial charge >= 0.3 is 5.97 Å². The molecule has 12 heavy (non-hydrogen) atoms. The highest BCUT2D eigenvalue weighted by Gasteiger charge is 2.58. The number of hydrogen-bond acceptors (Lipinski definition) is 4. The molecule has 2 fully saturated rings. The van der Waals surface area contributed by atoms with E-state index in [4.69, 9.17) is 14.2 Å². The maximum Gasteiger partial charge on any atom is 0.311 e. The summed E-state index contributed by atoms with van der Waals surface area (Å²) in [7, 11) is 0. The summed E-state index contributed by atoms with van der Waals surface area (Å²) in [5.74, 6) is -1.16. The van der Waals surface area contributed by atoms with Crippen molar-refractivity contribution in [2.45, 2.75) is 25.9 Å². The quantitative estimate of drug-likeness (QED) is 0.566. The standard InChI is InChI=1S/C8H14O4/c1-7(2)5-12-8(6(7)9)10-3-4-11-8/h6,9H,3-5H2,1-2H3. The van der Waals surface area contributed by atoms with E-state index in [1.54, 1.807) is 0 Å². The van der Waals surface area contributed by atoms with Crippen LogP contribution in [0.15, 0.2) is 0 Å². The molecular weight excluding hydrogens is 160 g/mol. The lowest BCUT2D eigenvalue weighted by molar-refractivity contribution is -0.340. The fraction of sp³-hybridized carbons (Fsp3) is 1.00. The van der Waals surface area contributed by atoms with E-state index in [0.29, 0.717) is 19.8 Å². The van der Waals surface area contributed by atoms with Crippen LogP contribution in [-0.4, -0.2) is 37.0 Å². The molecule has 2 aliphatic heterocycles. The van der Waals surface area contributed by atoms with Gasteiger partial charge in [0, 0.05) is 5.41 Å². The van der Waals surface area contributed by atoms with E-state index in [9.17, 15) is 5.11 Å². The molecular formula is C8H14O4. The van der Waals surface area contributed by atoms with Crippen LogP contribution in [0.5, 0.6) is 0 Å². The first-order chi connectivity index (χ1) is 5.57. The maximum absolute atomic E-state index is 9.83. The first-order valence-corrected chi connectivity index (χ1v) is 4.17. The minimum atomic E-state index is -1.16. The molecule has 0 aromatic heterocycles. The summed E-state index contributed by atoms with van der Waals surface area (Å²) in [5.41, 5.74) is -0.287. The van der Waals surface area contributed by atoms with Crippen molar-refractivity contribution in [1.29, 1.82) is 0 Å². The van der Waals surface area contributed by atoms with Crippen LogP contribution in [0.4, 0.5) is 0 Å². The average molecular weight is 174 g/mol. The molecule has 1 N–H and O–H groups in total. The Morgan fingerprint density at radius 3 is 2.17 bits per heavy atom. The van der Waals surface area contributed by atoms with Crippen LogP contribution >= 0.6 is 0 Å². The first-order valence-electron chi connectivity index (χ1n) is 4.17. The Bertz CT molecular complexity index is 183. The van der Waals surface area contributed by atoms with Gasteiger partial charge in [0.15, 0.2) is 0 Å². The van der Waals surface area contributed by atoms with Gasteiger partial charge in [0.2, 0.25) is 0 Å². The maximum atomic E-state index is 9.83. The fourth-order valence-electron chi connectivity index (χ4n) is 1.57. The van der Waals surface area contributed by atoms with Gasteiger partial charge in [0.1, 0.15) is 6.10 Å². The van der Waals surface area contributed by atoms with E-state index in [-0.39, 0.29) is 5.41 Å². The van der Waals surface area contributed by atoms with Crippen molar-refractivity contribution in [2.24, 2.45) is 5.41 Å². The highest BCUT2D eigenvalue weighted by atomic mass is 16.9. The summed E-state index contributed by atoms with van der Waals surface area (Å²) < 4.78 is 15.8. The Kier molecular flexibility index (Phi) is 1.70. The first kappa shape index (κ1) is 8.44. The number of hydrogen-bond donors (Lipinski definition) is 1. The molecule has 0 saturated carbocycles. The van der Waals surface area contributed by atoms with Crippen molar-refractivity contribution in [3.63, 3.8) is 0 Å².